The van der Waals surface area contributed by atoms with Crippen LogP contribution in [0.25, 0.3) is 0 Å². The number of likely N-dealkylation sites (tertiary alicyclic amines) is 1. The van der Waals surface area contributed by atoms with Crippen LogP contribution in [-0.2, 0) is 16.1 Å². The first-order valence-corrected chi connectivity index (χ1v) is 8.89. The maximum atomic E-state index is 12.5. The SMILES string of the molecule is COc1ccccc1CN1CC(C(=O)Nc2ccc(Cl)cc2Cl)CC1=O. The Kier molecular flexibility index (Phi) is 5.69. The number of hydrogen-bond donors (Lipinski definition) is 1. The van der Waals surface area contributed by atoms with Crippen LogP contribution in [0.15, 0.2) is 42.5 Å². The third-order valence-electron chi connectivity index (χ3n) is 4.33. The number of rotatable bonds is 5. The van der Waals surface area contributed by atoms with Crippen molar-refractivity contribution >= 4 is 40.7 Å². The number of nitrogens with zero attached hydrogens (tertiary/aromatic N) is 1. The fraction of sp³-hybridized carbons (Fsp3) is 0.263. The molecule has 2 aromatic carbocycles. The van der Waals surface area contributed by atoms with Crippen LogP contribution >= 0.6 is 23.2 Å². The summed E-state index contributed by atoms with van der Waals surface area (Å²) in [4.78, 5) is 26.5. The topological polar surface area (TPSA) is 58.6 Å². The highest BCUT2D eigenvalue weighted by molar-refractivity contribution is 6.36. The lowest BCUT2D eigenvalue weighted by Gasteiger charge is -2.18. The van der Waals surface area contributed by atoms with Crippen LogP contribution in [-0.4, -0.2) is 30.4 Å². The van der Waals surface area contributed by atoms with Gasteiger partial charge in [0, 0.05) is 30.1 Å². The van der Waals surface area contributed by atoms with Gasteiger partial charge in [-0.25, -0.2) is 0 Å². The van der Waals surface area contributed by atoms with Crippen LogP contribution in [0.2, 0.25) is 10.0 Å². The minimum absolute atomic E-state index is 0.0572. The molecule has 136 valence electrons. The molecular weight excluding hydrogens is 375 g/mol. The van der Waals surface area contributed by atoms with Gasteiger partial charge in [0.2, 0.25) is 11.8 Å². The van der Waals surface area contributed by atoms with E-state index in [0.717, 1.165) is 11.3 Å². The number of anilines is 1. The molecule has 0 saturated carbocycles. The zero-order valence-corrected chi connectivity index (χ0v) is 15.7. The van der Waals surface area contributed by atoms with Gasteiger partial charge in [-0.3, -0.25) is 9.59 Å². The lowest BCUT2D eigenvalue weighted by atomic mass is 10.1. The molecule has 1 aliphatic rings. The van der Waals surface area contributed by atoms with Crippen molar-refractivity contribution < 1.29 is 14.3 Å². The van der Waals surface area contributed by atoms with Gasteiger partial charge >= 0.3 is 0 Å². The molecule has 2 aromatic rings. The average Bonchev–Trinajstić information content (AvgIpc) is 2.98. The Morgan fingerprint density at radius 1 is 1.27 bits per heavy atom. The van der Waals surface area contributed by atoms with Gasteiger partial charge in [-0.15, -0.1) is 0 Å². The molecule has 1 aliphatic heterocycles. The van der Waals surface area contributed by atoms with Gasteiger partial charge in [-0.05, 0) is 24.3 Å². The Bertz CT molecular complexity index is 841. The lowest BCUT2D eigenvalue weighted by Crippen LogP contribution is -2.28. The van der Waals surface area contributed by atoms with E-state index in [2.05, 4.69) is 5.32 Å². The molecule has 1 atom stereocenters. The summed E-state index contributed by atoms with van der Waals surface area (Å²) in [5, 5.41) is 3.63. The van der Waals surface area contributed by atoms with E-state index in [1.807, 2.05) is 24.3 Å². The largest absolute Gasteiger partial charge is 0.496 e. The van der Waals surface area contributed by atoms with Crippen LogP contribution in [0.1, 0.15) is 12.0 Å². The smallest absolute Gasteiger partial charge is 0.229 e. The summed E-state index contributed by atoms with van der Waals surface area (Å²) in [6.07, 6.45) is 0.173. The number of hydrogen-bond acceptors (Lipinski definition) is 3. The van der Waals surface area contributed by atoms with E-state index < -0.39 is 5.92 Å². The van der Waals surface area contributed by atoms with E-state index in [1.54, 1.807) is 30.2 Å². The Hall–Kier alpha value is -2.24. The minimum Gasteiger partial charge on any atom is -0.496 e. The van der Waals surface area contributed by atoms with Crippen LogP contribution in [0.5, 0.6) is 5.75 Å². The van der Waals surface area contributed by atoms with E-state index in [4.69, 9.17) is 27.9 Å². The van der Waals surface area contributed by atoms with Crippen molar-refractivity contribution in [1.82, 2.24) is 4.90 Å². The van der Waals surface area contributed by atoms with E-state index in [-0.39, 0.29) is 18.2 Å². The second kappa shape index (κ2) is 7.98. The van der Waals surface area contributed by atoms with Crippen molar-refractivity contribution in [3.8, 4) is 5.75 Å². The first-order valence-electron chi connectivity index (χ1n) is 8.13. The lowest BCUT2D eigenvalue weighted by molar-refractivity contribution is -0.128. The minimum atomic E-state index is -0.427. The molecule has 1 saturated heterocycles. The second-order valence-corrected chi connectivity index (χ2v) is 6.94. The van der Waals surface area contributed by atoms with Crippen molar-refractivity contribution in [2.75, 3.05) is 19.0 Å². The van der Waals surface area contributed by atoms with Crippen LogP contribution < -0.4 is 10.1 Å². The predicted molar refractivity (Wildman–Crippen MR) is 102 cm³/mol. The number of carbonyl (C=O) groups excluding carboxylic acids is 2. The fourth-order valence-corrected chi connectivity index (χ4v) is 3.42. The first-order chi connectivity index (χ1) is 12.5. The Balaban J connectivity index is 1.66. The van der Waals surface area contributed by atoms with Crippen molar-refractivity contribution in [3.05, 3.63) is 58.1 Å². The normalized spacial score (nSPS) is 16.7. The molecule has 1 heterocycles. The summed E-state index contributed by atoms with van der Waals surface area (Å²) >= 11 is 11.9. The predicted octanol–water partition coefficient (Wildman–Crippen LogP) is 3.99. The molecule has 26 heavy (non-hydrogen) atoms. The molecule has 5 nitrogen and oxygen atoms in total. The molecule has 7 heteroatoms. The number of methoxy groups -OCH3 is 1. The number of carbonyl (C=O) groups is 2. The van der Waals surface area contributed by atoms with Gasteiger partial charge in [0.15, 0.2) is 0 Å². The monoisotopic (exact) mass is 392 g/mol. The zero-order chi connectivity index (χ0) is 18.7. The van der Waals surface area contributed by atoms with E-state index in [0.29, 0.717) is 28.8 Å². The van der Waals surface area contributed by atoms with E-state index >= 15 is 0 Å². The average molecular weight is 393 g/mol. The maximum Gasteiger partial charge on any atom is 0.229 e. The maximum absolute atomic E-state index is 12.5. The number of para-hydroxylation sites is 1. The van der Waals surface area contributed by atoms with Gasteiger partial charge < -0.3 is 15.0 Å². The number of amides is 2. The number of nitrogens with one attached hydrogen (secondary N) is 1. The zero-order valence-electron chi connectivity index (χ0n) is 14.2. The van der Waals surface area contributed by atoms with Crippen molar-refractivity contribution in [1.29, 1.82) is 0 Å². The van der Waals surface area contributed by atoms with Gasteiger partial charge in [0.05, 0.1) is 23.7 Å². The molecule has 2 amide bonds. The molecule has 0 spiro atoms. The number of halogens is 2. The van der Waals surface area contributed by atoms with E-state index in [9.17, 15) is 9.59 Å². The summed E-state index contributed by atoms with van der Waals surface area (Å²) < 4.78 is 5.32. The Morgan fingerprint density at radius 3 is 2.77 bits per heavy atom. The standard InChI is InChI=1S/C19H18Cl2N2O3/c1-26-17-5-3-2-4-12(17)10-23-11-13(8-18(23)24)19(25)22-16-7-6-14(20)9-15(16)21/h2-7,9,13H,8,10-11H2,1H3,(H,22,25). The van der Waals surface area contributed by atoms with E-state index in [1.165, 1.54) is 0 Å². The van der Waals surface area contributed by atoms with Gasteiger partial charge in [-0.2, -0.15) is 0 Å². The van der Waals surface area contributed by atoms with Gasteiger partial charge in [0.1, 0.15) is 5.75 Å². The molecule has 3 rings (SSSR count). The fourth-order valence-electron chi connectivity index (χ4n) is 2.97. The highest BCUT2D eigenvalue weighted by Crippen LogP contribution is 2.28. The number of benzene rings is 2. The molecule has 1 fully saturated rings. The highest BCUT2D eigenvalue weighted by Gasteiger charge is 2.34. The second-order valence-electron chi connectivity index (χ2n) is 6.10. The summed E-state index contributed by atoms with van der Waals surface area (Å²) in [7, 11) is 1.59. The molecule has 1 N–H and O–H groups in total. The summed E-state index contributed by atoms with van der Waals surface area (Å²) in [6, 6.07) is 12.4. The summed E-state index contributed by atoms with van der Waals surface area (Å²) in [6.45, 7) is 0.766. The first kappa shape index (κ1) is 18.5. The Morgan fingerprint density at radius 2 is 2.04 bits per heavy atom. The molecule has 0 radical (unpaired) electrons. The van der Waals surface area contributed by atoms with Crippen molar-refractivity contribution in [3.63, 3.8) is 0 Å². The van der Waals surface area contributed by atoms with Crippen LogP contribution in [0.3, 0.4) is 0 Å². The number of ether oxygens (including phenoxy) is 1. The van der Waals surface area contributed by atoms with Crippen LogP contribution in [0, 0.1) is 5.92 Å². The third kappa shape index (κ3) is 4.11. The molecule has 0 aliphatic carbocycles. The molecule has 0 aromatic heterocycles. The van der Waals surface area contributed by atoms with Crippen LogP contribution in [0.4, 0.5) is 5.69 Å². The quantitative estimate of drug-likeness (QED) is 0.836. The van der Waals surface area contributed by atoms with Gasteiger partial charge in [-0.1, -0.05) is 41.4 Å². The summed E-state index contributed by atoms with van der Waals surface area (Å²) in [5.74, 6) is 0.00783. The van der Waals surface area contributed by atoms with Crippen molar-refractivity contribution in [2.45, 2.75) is 13.0 Å². The molecular formula is C19H18Cl2N2O3. The summed E-state index contributed by atoms with van der Waals surface area (Å²) in [5.41, 5.74) is 1.39. The van der Waals surface area contributed by atoms with Crippen molar-refractivity contribution in [2.24, 2.45) is 5.92 Å². The van der Waals surface area contributed by atoms with Gasteiger partial charge in [0.25, 0.3) is 0 Å². The third-order valence-corrected chi connectivity index (χ3v) is 4.88. The molecule has 0 bridgehead atoms. The highest BCUT2D eigenvalue weighted by atomic mass is 35.5. The Labute approximate surface area is 161 Å². The molecule has 1 unspecified atom stereocenters.